The van der Waals surface area contributed by atoms with Crippen molar-refractivity contribution in [1.29, 1.82) is 0 Å². The van der Waals surface area contributed by atoms with E-state index in [1.165, 1.54) is 199 Å². The van der Waals surface area contributed by atoms with Gasteiger partial charge in [-0.25, -0.2) is 0 Å². The van der Waals surface area contributed by atoms with Crippen molar-refractivity contribution in [3.8, 4) is 0 Å². The molecule has 64 heavy (non-hydrogen) atoms. The van der Waals surface area contributed by atoms with Crippen molar-refractivity contribution in [3.63, 3.8) is 0 Å². The third-order valence-corrected chi connectivity index (χ3v) is 13.6. The van der Waals surface area contributed by atoms with E-state index in [4.69, 9.17) is 9.47 Å². The van der Waals surface area contributed by atoms with E-state index in [9.17, 15) is 30.3 Å². The SMILES string of the molecule is CCCCCCC/C=C\CCCCCCCC(=O)NC(COC1OC(CO)C(O)C(O)C1O)C(O)CCCCCCCCCCCCCCCCCCCCCCCCCCCCC. The average molecular weight is 910 g/mol. The summed E-state index contributed by atoms with van der Waals surface area (Å²) in [5.41, 5.74) is 0. The average Bonchev–Trinajstić information content (AvgIpc) is 3.29. The normalized spacial score (nSPS) is 20.0. The predicted molar refractivity (Wildman–Crippen MR) is 267 cm³/mol. The predicted octanol–water partition coefficient (Wildman–Crippen LogP) is 13.2. The van der Waals surface area contributed by atoms with Crippen molar-refractivity contribution >= 4 is 5.91 Å². The Morgan fingerprint density at radius 3 is 1.27 bits per heavy atom. The van der Waals surface area contributed by atoms with Gasteiger partial charge in [0.15, 0.2) is 6.29 Å². The fourth-order valence-corrected chi connectivity index (χ4v) is 9.16. The fourth-order valence-electron chi connectivity index (χ4n) is 9.16. The minimum Gasteiger partial charge on any atom is -0.394 e. The van der Waals surface area contributed by atoms with Crippen LogP contribution in [0, 0.1) is 0 Å². The Balaban J connectivity index is 2.17. The lowest BCUT2D eigenvalue weighted by Gasteiger charge is -2.40. The Bertz CT molecular complexity index is 1010. The van der Waals surface area contributed by atoms with Crippen LogP contribution in [0.2, 0.25) is 0 Å². The summed E-state index contributed by atoms with van der Waals surface area (Å²) in [5.74, 6) is -0.149. The molecule has 0 aliphatic carbocycles. The van der Waals surface area contributed by atoms with Crippen molar-refractivity contribution in [2.45, 2.75) is 320 Å². The summed E-state index contributed by atoms with van der Waals surface area (Å²) >= 11 is 0. The van der Waals surface area contributed by atoms with Crippen LogP contribution < -0.4 is 5.32 Å². The summed E-state index contributed by atoms with van der Waals surface area (Å²) in [6.07, 6.45) is 48.1. The molecule has 1 aliphatic rings. The Kier molecular flexibility index (Phi) is 43.5. The molecular formula is C55H107NO8. The molecule has 380 valence electrons. The van der Waals surface area contributed by atoms with Crippen molar-refractivity contribution in [3.05, 3.63) is 12.2 Å². The number of carbonyl (C=O) groups is 1. The van der Waals surface area contributed by atoms with Crippen LogP contribution in [-0.2, 0) is 14.3 Å². The highest BCUT2D eigenvalue weighted by molar-refractivity contribution is 5.76. The Morgan fingerprint density at radius 1 is 0.516 bits per heavy atom. The molecule has 0 aromatic carbocycles. The lowest BCUT2D eigenvalue weighted by molar-refractivity contribution is -0.302. The summed E-state index contributed by atoms with van der Waals surface area (Å²) in [6, 6.07) is -0.720. The minimum atomic E-state index is -1.55. The van der Waals surface area contributed by atoms with E-state index in [0.29, 0.717) is 12.8 Å². The van der Waals surface area contributed by atoms with E-state index in [-0.39, 0.29) is 12.5 Å². The van der Waals surface area contributed by atoms with Gasteiger partial charge in [-0.2, -0.15) is 0 Å². The molecule has 0 bridgehead atoms. The maximum atomic E-state index is 13.0. The van der Waals surface area contributed by atoms with Gasteiger partial charge in [-0.1, -0.05) is 244 Å². The number of nitrogens with one attached hydrogen (secondary N) is 1. The molecule has 1 amide bonds. The van der Waals surface area contributed by atoms with Crippen LogP contribution in [0.5, 0.6) is 0 Å². The first-order valence-corrected chi connectivity index (χ1v) is 27.9. The van der Waals surface area contributed by atoms with Gasteiger partial charge in [0, 0.05) is 6.42 Å². The Labute approximate surface area is 395 Å². The zero-order valence-corrected chi connectivity index (χ0v) is 42.1. The number of ether oxygens (including phenoxy) is 2. The second-order valence-corrected chi connectivity index (χ2v) is 19.7. The van der Waals surface area contributed by atoms with Crippen LogP contribution in [0.25, 0.3) is 0 Å². The lowest BCUT2D eigenvalue weighted by Crippen LogP contribution is -2.60. The maximum Gasteiger partial charge on any atom is 0.220 e. The van der Waals surface area contributed by atoms with Gasteiger partial charge in [0.25, 0.3) is 0 Å². The molecule has 6 N–H and O–H groups in total. The molecule has 1 saturated heterocycles. The molecule has 1 fully saturated rings. The largest absolute Gasteiger partial charge is 0.394 e. The third-order valence-electron chi connectivity index (χ3n) is 13.6. The summed E-state index contributed by atoms with van der Waals surface area (Å²) < 4.78 is 11.3. The molecule has 1 rings (SSSR count). The summed E-state index contributed by atoms with van der Waals surface area (Å²) in [5, 5.41) is 54.6. The smallest absolute Gasteiger partial charge is 0.220 e. The van der Waals surface area contributed by atoms with Crippen molar-refractivity contribution in [2.75, 3.05) is 13.2 Å². The Morgan fingerprint density at radius 2 is 0.875 bits per heavy atom. The highest BCUT2D eigenvalue weighted by Gasteiger charge is 2.44. The van der Waals surface area contributed by atoms with Crippen molar-refractivity contribution in [1.82, 2.24) is 5.32 Å². The first kappa shape index (κ1) is 60.9. The number of amides is 1. The van der Waals surface area contributed by atoms with Crippen molar-refractivity contribution in [2.24, 2.45) is 0 Å². The maximum absolute atomic E-state index is 13.0. The molecule has 9 heteroatoms. The monoisotopic (exact) mass is 910 g/mol. The molecule has 0 aromatic heterocycles. The lowest BCUT2D eigenvalue weighted by atomic mass is 9.99. The first-order valence-electron chi connectivity index (χ1n) is 27.9. The van der Waals surface area contributed by atoms with E-state index in [1.54, 1.807) is 0 Å². The van der Waals surface area contributed by atoms with E-state index in [2.05, 4.69) is 31.3 Å². The molecule has 1 aliphatic heterocycles. The number of aliphatic hydroxyl groups is 5. The summed E-state index contributed by atoms with van der Waals surface area (Å²) in [6.45, 7) is 3.85. The number of hydrogen-bond donors (Lipinski definition) is 6. The first-order chi connectivity index (χ1) is 31.3. The van der Waals surface area contributed by atoms with Crippen LogP contribution in [0.1, 0.15) is 277 Å². The van der Waals surface area contributed by atoms with Crippen LogP contribution in [0.3, 0.4) is 0 Å². The van der Waals surface area contributed by atoms with Gasteiger partial charge in [-0.15, -0.1) is 0 Å². The molecular weight excluding hydrogens is 803 g/mol. The highest BCUT2D eigenvalue weighted by atomic mass is 16.7. The molecule has 9 nitrogen and oxygen atoms in total. The van der Waals surface area contributed by atoms with Gasteiger partial charge in [-0.05, 0) is 38.5 Å². The number of hydrogen-bond acceptors (Lipinski definition) is 8. The van der Waals surface area contributed by atoms with Gasteiger partial charge in [0.2, 0.25) is 5.91 Å². The molecule has 0 spiro atoms. The molecule has 0 aromatic rings. The highest BCUT2D eigenvalue weighted by Crippen LogP contribution is 2.23. The van der Waals surface area contributed by atoms with Crippen LogP contribution in [0.4, 0.5) is 0 Å². The standard InChI is InChI=1S/C55H107NO8/c1-3-5-7-9-11-13-15-17-19-20-21-22-23-24-25-26-27-28-29-30-31-32-34-36-38-40-42-44-49(58)48(47-63-55-54(62)53(61)52(60)50(46-57)64-55)56-51(59)45-43-41-39-37-35-33-18-16-14-12-10-8-6-4-2/h16,18,48-50,52-55,57-58,60-62H,3-15,17,19-47H2,1-2H3,(H,56,59)/b18-16-. The quantitative estimate of drug-likeness (QED) is 0.0261. The van der Waals surface area contributed by atoms with Gasteiger partial charge < -0.3 is 40.3 Å². The molecule has 0 saturated carbocycles. The van der Waals surface area contributed by atoms with Crippen LogP contribution >= 0.6 is 0 Å². The number of aliphatic hydroxyl groups excluding tert-OH is 5. The zero-order valence-electron chi connectivity index (χ0n) is 42.1. The molecule has 1 heterocycles. The van der Waals surface area contributed by atoms with E-state index in [0.717, 1.165) is 51.4 Å². The number of unbranched alkanes of at least 4 members (excludes halogenated alkanes) is 36. The fraction of sp³-hybridized carbons (Fsp3) is 0.945. The second-order valence-electron chi connectivity index (χ2n) is 19.7. The Hall–Kier alpha value is -1.07. The van der Waals surface area contributed by atoms with Crippen LogP contribution in [-0.4, -0.2) is 87.5 Å². The molecule has 0 radical (unpaired) electrons. The zero-order chi connectivity index (χ0) is 46.6. The molecule has 7 atom stereocenters. The van der Waals surface area contributed by atoms with Crippen LogP contribution in [0.15, 0.2) is 12.2 Å². The topological polar surface area (TPSA) is 149 Å². The number of carbonyl (C=O) groups excluding carboxylic acids is 1. The number of allylic oxidation sites excluding steroid dienone is 2. The summed E-state index contributed by atoms with van der Waals surface area (Å²) in [7, 11) is 0. The van der Waals surface area contributed by atoms with Crippen molar-refractivity contribution < 1.29 is 39.8 Å². The second kappa shape index (κ2) is 45.7. The van der Waals surface area contributed by atoms with E-state index >= 15 is 0 Å². The molecule has 7 unspecified atom stereocenters. The van der Waals surface area contributed by atoms with Gasteiger partial charge >= 0.3 is 0 Å². The third kappa shape index (κ3) is 35.1. The minimum absolute atomic E-state index is 0.138. The van der Waals surface area contributed by atoms with Gasteiger partial charge in [-0.3, -0.25) is 4.79 Å². The van der Waals surface area contributed by atoms with Gasteiger partial charge in [0.1, 0.15) is 24.4 Å². The van der Waals surface area contributed by atoms with E-state index in [1.807, 2.05) is 0 Å². The number of rotatable bonds is 48. The van der Waals surface area contributed by atoms with E-state index < -0.39 is 49.5 Å². The van der Waals surface area contributed by atoms with Gasteiger partial charge in [0.05, 0.1) is 25.4 Å². The summed E-state index contributed by atoms with van der Waals surface area (Å²) in [4.78, 5) is 13.0.